The molecule has 6 nitrogen and oxygen atoms in total. The Balaban J connectivity index is 1.46. The number of aromatic nitrogens is 2. The van der Waals surface area contributed by atoms with Crippen LogP contribution in [0.1, 0.15) is 25.0 Å². The maximum atomic E-state index is 12.5. The van der Waals surface area contributed by atoms with E-state index in [-0.39, 0.29) is 11.5 Å². The van der Waals surface area contributed by atoms with Gasteiger partial charge in [-0.2, -0.15) is 5.10 Å². The van der Waals surface area contributed by atoms with E-state index in [1.807, 2.05) is 11.8 Å². The number of amides is 1. The summed E-state index contributed by atoms with van der Waals surface area (Å²) in [7, 11) is 0. The molecule has 0 saturated carbocycles. The normalized spacial score (nSPS) is 21.9. The fourth-order valence-corrected chi connectivity index (χ4v) is 3.42. The zero-order valence-electron chi connectivity index (χ0n) is 14.4. The third kappa shape index (κ3) is 4.12. The molecule has 2 aliphatic rings. The highest BCUT2D eigenvalue weighted by Gasteiger charge is 2.27. The average Bonchev–Trinajstić information content (AvgIpc) is 2.63. The quantitative estimate of drug-likeness (QED) is 0.775. The van der Waals surface area contributed by atoms with Crippen molar-refractivity contribution in [3.05, 3.63) is 40.3 Å². The van der Waals surface area contributed by atoms with Crippen LogP contribution in [0.2, 0.25) is 0 Å². The van der Waals surface area contributed by atoms with E-state index in [2.05, 4.69) is 22.2 Å². The van der Waals surface area contributed by atoms with Crippen molar-refractivity contribution in [3.8, 4) is 0 Å². The first-order chi connectivity index (χ1) is 11.6. The molecule has 1 atom stereocenters. The van der Waals surface area contributed by atoms with Crippen LogP contribution >= 0.6 is 0 Å². The molecule has 1 aliphatic carbocycles. The first kappa shape index (κ1) is 16.9. The predicted molar refractivity (Wildman–Crippen MR) is 92.7 cm³/mol. The van der Waals surface area contributed by atoms with Crippen LogP contribution in [0.25, 0.3) is 0 Å². The summed E-state index contributed by atoms with van der Waals surface area (Å²) in [5.74, 6) is 0.493. The fraction of sp³-hybridized carbons (Fsp3) is 0.611. The van der Waals surface area contributed by atoms with Gasteiger partial charge in [-0.1, -0.05) is 12.2 Å². The third-order valence-electron chi connectivity index (χ3n) is 4.93. The lowest BCUT2D eigenvalue weighted by Crippen LogP contribution is -2.51. The van der Waals surface area contributed by atoms with E-state index in [4.69, 9.17) is 0 Å². The second-order valence-electron chi connectivity index (χ2n) is 6.68. The lowest BCUT2D eigenvalue weighted by atomic mass is 9.93. The summed E-state index contributed by atoms with van der Waals surface area (Å²) in [6.07, 6.45) is 7.20. The van der Waals surface area contributed by atoms with E-state index in [0.717, 1.165) is 57.7 Å². The van der Waals surface area contributed by atoms with Gasteiger partial charge in [0.05, 0.1) is 12.2 Å². The monoisotopic (exact) mass is 330 g/mol. The van der Waals surface area contributed by atoms with Crippen LogP contribution in [-0.2, 0) is 11.3 Å². The van der Waals surface area contributed by atoms with Crippen LogP contribution in [0.5, 0.6) is 0 Å². The van der Waals surface area contributed by atoms with Crippen molar-refractivity contribution in [1.29, 1.82) is 0 Å². The van der Waals surface area contributed by atoms with Gasteiger partial charge in [0.2, 0.25) is 5.91 Å². The molecule has 2 heterocycles. The van der Waals surface area contributed by atoms with Crippen LogP contribution in [0, 0.1) is 12.8 Å². The minimum Gasteiger partial charge on any atom is -0.340 e. The van der Waals surface area contributed by atoms with Crippen molar-refractivity contribution in [3.63, 3.8) is 0 Å². The molecular formula is C18H26N4O2. The average molecular weight is 330 g/mol. The molecule has 1 unspecified atom stereocenters. The van der Waals surface area contributed by atoms with Crippen molar-refractivity contribution in [2.45, 2.75) is 32.7 Å². The Morgan fingerprint density at radius 2 is 1.96 bits per heavy atom. The Labute approximate surface area is 142 Å². The fourth-order valence-electron chi connectivity index (χ4n) is 3.42. The molecule has 0 radical (unpaired) electrons. The second kappa shape index (κ2) is 7.75. The first-order valence-electron chi connectivity index (χ1n) is 8.84. The molecule has 6 heteroatoms. The maximum Gasteiger partial charge on any atom is 0.266 e. The summed E-state index contributed by atoms with van der Waals surface area (Å²) < 4.78 is 1.53. The molecule has 1 aromatic heterocycles. The number of carbonyl (C=O) groups is 1. The van der Waals surface area contributed by atoms with E-state index in [9.17, 15) is 9.59 Å². The van der Waals surface area contributed by atoms with Crippen LogP contribution in [0.4, 0.5) is 0 Å². The highest BCUT2D eigenvalue weighted by molar-refractivity contribution is 5.79. The highest BCUT2D eigenvalue weighted by atomic mass is 16.2. The number of nitrogens with zero attached hydrogens (tertiary/aromatic N) is 4. The molecule has 130 valence electrons. The lowest BCUT2D eigenvalue weighted by Gasteiger charge is -2.36. The minimum atomic E-state index is -0.0558. The Morgan fingerprint density at radius 3 is 2.67 bits per heavy atom. The predicted octanol–water partition coefficient (Wildman–Crippen LogP) is 1.05. The molecule has 0 N–H and O–H groups in total. The number of carbonyl (C=O) groups excluding carboxylic acids is 1. The number of hydrogen-bond donors (Lipinski definition) is 0. The molecule has 24 heavy (non-hydrogen) atoms. The highest BCUT2D eigenvalue weighted by Crippen LogP contribution is 2.21. The molecule has 1 aliphatic heterocycles. The van der Waals surface area contributed by atoms with Gasteiger partial charge in [-0.05, 0) is 32.3 Å². The standard InChI is InChI=1S/C18H26N4O2/c1-15-7-8-17(23)22(19-15)14-11-20-9-12-21(13-10-20)18(24)16-5-3-2-4-6-16/h2-3,7-8,16H,4-6,9-14H2,1H3. The molecule has 0 bridgehead atoms. The van der Waals surface area contributed by atoms with Gasteiger partial charge < -0.3 is 4.90 Å². The van der Waals surface area contributed by atoms with E-state index < -0.39 is 0 Å². The Bertz CT molecular complexity index is 659. The van der Waals surface area contributed by atoms with Gasteiger partial charge >= 0.3 is 0 Å². The molecule has 0 aromatic carbocycles. The van der Waals surface area contributed by atoms with Crippen molar-refractivity contribution in [2.75, 3.05) is 32.7 Å². The molecule has 3 rings (SSSR count). The van der Waals surface area contributed by atoms with Gasteiger partial charge in [0.25, 0.3) is 5.56 Å². The Morgan fingerprint density at radius 1 is 1.17 bits per heavy atom. The first-order valence-corrected chi connectivity index (χ1v) is 8.84. The summed E-state index contributed by atoms with van der Waals surface area (Å²) in [6.45, 7) is 6.60. The Hall–Kier alpha value is -1.95. The SMILES string of the molecule is Cc1ccc(=O)n(CCN2CCN(C(=O)C3CC=CCC3)CC2)n1. The number of hydrogen-bond acceptors (Lipinski definition) is 4. The van der Waals surface area contributed by atoms with Crippen molar-refractivity contribution in [2.24, 2.45) is 5.92 Å². The van der Waals surface area contributed by atoms with Gasteiger partial charge in [0, 0.05) is 44.7 Å². The van der Waals surface area contributed by atoms with Gasteiger partial charge in [-0.3, -0.25) is 14.5 Å². The number of rotatable bonds is 4. The summed E-state index contributed by atoms with van der Waals surface area (Å²) in [6, 6.07) is 3.31. The summed E-state index contributed by atoms with van der Waals surface area (Å²) in [4.78, 5) is 28.6. The number of piperazine rings is 1. The zero-order valence-corrected chi connectivity index (χ0v) is 14.4. The van der Waals surface area contributed by atoms with E-state index >= 15 is 0 Å². The minimum absolute atomic E-state index is 0.0558. The summed E-state index contributed by atoms with van der Waals surface area (Å²) in [5.41, 5.74) is 0.798. The summed E-state index contributed by atoms with van der Waals surface area (Å²) in [5, 5.41) is 4.27. The molecule has 1 aromatic rings. The van der Waals surface area contributed by atoms with Crippen molar-refractivity contribution in [1.82, 2.24) is 19.6 Å². The lowest BCUT2D eigenvalue weighted by molar-refractivity contribution is -0.137. The molecule has 1 fully saturated rings. The largest absolute Gasteiger partial charge is 0.340 e. The maximum absolute atomic E-state index is 12.5. The van der Waals surface area contributed by atoms with Crippen molar-refractivity contribution >= 4 is 5.91 Å². The van der Waals surface area contributed by atoms with Gasteiger partial charge in [-0.15, -0.1) is 0 Å². The van der Waals surface area contributed by atoms with Crippen LogP contribution < -0.4 is 5.56 Å². The molecule has 1 amide bonds. The topological polar surface area (TPSA) is 58.4 Å². The van der Waals surface area contributed by atoms with E-state index in [0.29, 0.717) is 12.5 Å². The van der Waals surface area contributed by atoms with Gasteiger partial charge in [0.15, 0.2) is 0 Å². The van der Waals surface area contributed by atoms with Crippen LogP contribution in [0.3, 0.4) is 0 Å². The number of aryl methyl sites for hydroxylation is 1. The molecule has 0 spiro atoms. The summed E-state index contributed by atoms with van der Waals surface area (Å²) >= 11 is 0. The van der Waals surface area contributed by atoms with Crippen LogP contribution in [0.15, 0.2) is 29.1 Å². The Kier molecular flexibility index (Phi) is 5.45. The van der Waals surface area contributed by atoms with Gasteiger partial charge in [0.1, 0.15) is 0 Å². The van der Waals surface area contributed by atoms with Gasteiger partial charge in [-0.25, -0.2) is 4.68 Å². The zero-order chi connectivity index (χ0) is 16.9. The molecular weight excluding hydrogens is 304 g/mol. The second-order valence-corrected chi connectivity index (χ2v) is 6.68. The molecule has 1 saturated heterocycles. The smallest absolute Gasteiger partial charge is 0.266 e. The van der Waals surface area contributed by atoms with E-state index in [1.54, 1.807) is 12.1 Å². The van der Waals surface area contributed by atoms with Crippen molar-refractivity contribution < 1.29 is 4.79 Å². The van der Waals surface area contributed by atoms with Crippen LogP contribution in [-0.4, -0.2) is 58.2 Å². The van der Waals surface area contributed by atoms with E-state index in [1.165, 1.54) is 4.68 Å². The third-order valence-corrected chi connectivity index (χ3v) is 4.93. The number of allylic oxidation sites excluding steroid dienone is 2.